The minimum absolute atomic E-state index is 0.112. The zero-order valence-electron chi connectivity index (χ0n) is 19.6. The first-order valence-corrected chi connectivity index (χ1v) is 10.9. The fourth-order valence-corrected chi connectivity index (χ4v) is 3.16. The van der Waals surface area contributed by atoms with Gasteiger partial charge >= 0.3 is 6.18 Å². The summed E-state index contributed by atoms with van der Waals surface area (Å²) in [4.78, 5) is 39.8. The Labute approximate surface area is 203 Å². The maximum Gasteiger partial charge on any atom is 0.417 e. The largest absolute Gasteiger partial charge is 0.417 e. The van der Waals surface area contributed by atoms with Gasteiger partial charge < -0.3 is 20.9 Å². The number of aromatic nitrogens is 4. The third-order valence-corrected chi connectivity index (χ3v) is 4.88. The number of fused-ring (bicyclic) bond motifs is 1. The molecular formula is C22H23F3N8O3. The minimum Gasteiger partial charge on any atom is -0.396 e. The second kappa shape index (κ2) is 10.9. The number of pyridine rings is 1. The van der Waals surface area contributed by atoms with Crippen molar-refractivity contribution in [3.8, 4) is 0 Å². The number of amides is 2. The van der Waals surface area contributed by atoms with Gasteiger partial charge in [-0.2, -0.15) is 13.2 Å². The molecule has 0 spiro atoms. The molecule has 14 heteroatoms. The SMILES string of the molecule is CC.CC(NC(=O)c1ncnc2c1CCC(=O)N2)c1cc(/C=N/c2ncc(C(F)(F)F)cc2N)no1. The van der Waals surface area contributed by atoms with E-state index in [1.54, 1.807) is 6.92 Å². The minimum atomic E-state index is -4.57. The monoisotopic (exact) mass is 504 g/mol. The highest BCUT2D eigenvalue weighted by Gasteiger charge is 2.31. The van der Waals surface area contributed by atoms with Crippen molar-refractivity contribution in [3.63, 3.8) is 0 Å². The van der Waals surface area contributed by atoms with Crippen molar-refractivity contribution in [1.29, 1.82) is 0 Å². The van der Waals surface area contributed by atoms with E-state index < -0.39 is 23.7 Å². The number of nitrogens with zero attached hydrogens (tertiary/aromatic N) is 5. The first-order chi connectivity index (χ1) is 17.1. The predicted molar refractivity (Wildman–Crippen MR) is 124 cm³/mol. The summed E-state index contributed by atoms with van der Waals surface area (Å²) in [6.45, 7) is 5.66. The van der Waals surface area contributed by atoms with E-state index >= 15 is 0 Å². The van der Waals surface area contributed by atoms with Crippen LogP contribution in [0.2, 0.25) is 0 Å². The van der Waals surface area contributed by atoms with Crippen LogP contribution in [-0.2, 0) is 17.4 Å². The van der Waals surface area contributed by atoms with Crippen molar-refractivity contribution in [1.82, 2.24) is 25.4 Å². The lowest BCUT2D eigenvalue weighted by Crippen LogP contribution is -2.30. The highest BCUT2D eigenvalue weighted by Crippen LogP contribution is 2.32. The third-order valence-electron chi connectivity index (χ3n) is 4.88. The molecule has 4 N–H and O–H groups in total. The van der Waals surface area contributed by atoms with Crippen molar-refractivity contribution in [2.24, 2.45) is 4.99 Å². The van der Waals surface area contributed by atoms with Crippen molar-refractivity contribution in [2.45, 2.75) is 45.8 Å². The van der Waals surface area contributed by atoms with Gasteiger partial charge in [-0.15, -0.1) is 0 Å². The van der Waals surface area contributed by atoms with E-state index in [2.05, 4.69) is 35.7 Å². The molecule has 3 aromatic heterocycles. The Balaban J connectivity index is 0.00000176. The molecule has 36 heavy (non-hydrogen) atoms. The highest BCUT2D eigenvalue weighted by molar-refractivity contribution is 5.99. The molecule has 0 saturated carbocycles. The average Bonchev–Trinajstić information content (AvgIpc) is 3.32. The molecule has 3 aromatic rings. The molecule has 4 rings (SSSR count). The number of nitrogens with two attached hydrogens (primary N) is 1. The van der Waals surface area contributed by atoms with E-state index in [9.17, 15) is 22.8 Å². The third kappa shape index (κ3) is 6.00. The standard InChI is InChI=1S/C20H17F3N8O3.C2H6/c1-9(29-19(33)16-12-2-3-15(32)30-17(12)28-8-27-16)14-5-11(31-34-14)7-26-18-13(24)4-10(6-25-18)20(21,22)23;1-2/h4-9H,2-3,24H2,1H3,(H,29,33)(H,27,28,30,32);1-2H3/b26-7+;. The number of aliphatic imine (C=N–C) groups is 1. The Morgan fingerprint density at radius 2 is 2.00 bits per heavy atom. The molecule has 1 atom stereocenters. The Morgan fingerprint density at radius 3 is 2.69 bits per heavy atom. The lowest BCUT2D eigenvalue weighted by Gasteiger charge is -2.18. The Morgan fingerprint density at radius 1 is 1.25 bits per heavy atom. The number of anilines is 2. The first-order valence-electron chi connectivity index (χ1n) is 10.9. The maximum absolute atomic E-state index is 12.7. The summed E-state index contributed by atoms with van der Waals surface area (Å²) < 4.78 is 43.4. The normalized spacial score (nSPS) is 13.9. The van der Waals surface area contributed by atoms with Gasteiger partial charge in [0.1, 0.15) is 23.5 Å². The number of rotatable bonds is 5. The summed E-state index contributed by atoms with van der Waals surface area (Å²) in [6, 6.07) is 1.62. The molecular weight excluding hydrogens is 481 g/mol. The lowest BCUT2D eigenvalue weighted by molar-refractivity contribution is -0.137. The summed E-state index contributed by atoms with van der Waals surface area (Å²) in [5, 5.41) is 9.13. The van der Waals surface area contributed by atoms with Crippen molar-refractivity contribution in [3.05, 3.63) is 52.9 Å². The Kier molecular flexibility index (Phi) is 7.96. The van der Waals surface area contributed by atoms with Crippen LogP contribution in [0, 0.1) is 0 Å². The van der Waals surface area contributed by atoms with Crippen molar-refractivity contribution >= 4 is 35.4 Å². The molecule has 1 aliphatic rings. The molecule has 0 saturated heterocycles. The van der Waals surface area contributed by atoms with E-state index in [1.807, 2.05) is 13.8 Å². The van der Waals surface area contributed by atoms with Crippen molar-refractivity contribution in [2.75, 3.05) is 11.1 Å². The van der Waals surface area contributed by atoms with Crippen LogP contribution in [0.25, 0.3) is 0 Å². The number of halogens is 3. The molecule has 190 valence electrons. The number of alkyl halides is 3. The van der Waals surface area contributed by atoms with E-state index in [0.717, 1.165) is 6.07 Å². The van der Waals surface area contributed by atoms with E-state index in [1.165, 1.54) is 18.6 Å². The number of nitrogens with one attached hydrogen (secondary N) is 2. The van der Waals surface area contributed by atoms with Crippen LogP contribution in [0.3, 0.4) is 0 Å². The summed E-state index contributed by atoms with van der Waals surface area (Å²) in [6.07, 6.45) is -0.969. The molecule has 0 aliphatic carbocycles. The first kappa shape index (κ1) is 26.2. The summed E-state index contributed by atoms with van der Waals surface area (Å²) in [7, 11) is 0. The van der Waals surface area contributed by atoms with Crippen LogP contribution in [0.1, 0.15) is 66.3 Å². The molecule has 4 heterocycles. The van der Waals surface area contributed by atoms with Crippen LogP contribution in [0.4, 0.5) is 30.5 Å². The predicted octanol–water partition coefficient (Wildman–Crippen LogP) is 3.61. The van der Waals surface area contributed by atoms with Gasteiger partial charge in [-0.1, -0.05) is 19.0 Å². The topological polar surface area (TPSA) is 161 Å². The van der Waals surface area contributed by atoms with Gasteiger partial charge in [0.15, 0.2) is 11.6 Å². The van der Waals surface area contributed by atoms with Gasteiger partial charge in [-0.3, -0.25) is 9.59 Å². The summed E-state index contributed by atoms with van der Waals surface area (Å²) in [5.74, 6) is -0.192. The summed E-state index contributed by atoms with van der Waals surface area (Å²) >= 11 is 0. The van der Waals surface area contributed by atoms with Crippen LogP contribution in [0.5, 0.6) is 0 Å². The fraction of sp³-hybridized carbons (Fsp3) is 0.318. The molecule has 0 fully saturated rings. The number of carbonyl (C=O) groups is 2. The molecule has 2 amide bonds. The van der Waals surface area contributed by atoms with Gasteiger partial charge in [0.2, 0.25) is 5.91 Å². The molecule has 0 bridgehead atoms. The quantitative estimate of drug-likeness (QED) is 0.444. The van der Waals surface area contributed by atoms with Gasteiger partial charge in [0, 0.05) is 24.2 Å². The maximum atomic E-state index is 12.7. The molecule has 11 nitrogen and oxygen atoms in total. The zero-order chi connectivity index (χ0) is 26.5. The van der Waals surface area contributed by atoms with Crippen LogP contribution >= 0.6 is 0 Å². The smallest absolute Gasteiger partial charge is 0.396 e. The van der Waals surface area contributed by atoms with Gasteiger partial charge in [-0.25, -0.2) is 19.9 Å². The molecule has 1 aliphatic heterocycles. The fourth-order valence-electron chi connectivity index (χ4n) is 3.16. The van der Waals surface area contributed by atoms with Gasteiger partial charge in [0.25, 0.3) is 5.91 Å². The van der Waals surface area contributed by atoms with Gasteiger partial charge in [0.05, 0.1) is 23.5 Å². The number of nitrogen functional groups attached to an aromatic ring is 1. The second-order valence-corrected chi connectivity index (χ2v) is 7.34. The van der Waals surface area contributed by atoms with Gasteiger partial charge in [-0.05, 0) is 19.4 Å². The number of carbonyl (C=O) groups excluding carboxylic acids is 2. The Bertz CT molecular complexity index is 1290. The number of hydrogen-bond donors (Lipinski definition) is 3. The lowest BCUT2D eigenvalue weighted by atomic mass is 10.0. The van der Waals surface area contributed by atoms with Crippen LogP contribution in [-0.4, -0.2) is 38.1 Å². The molecule has 0 aromatic carbocycles. The second-order valence-electron chi connectivity index (χ2n) is 7.34. The summed E-state index contributed by atoms with van der Waals surface area (Å²) in [5.41, 5.74) is 5.29. The zero-order valence-corrected chi connectivity index (χ0v) is 19.6. The van der Waals surface area contributed by atoms with Crippen molar-refractivity contribution < 1.29 is 27.3 Å². The number of hydrogen-bond acceptors (Lipinski definition) is 9. The van der Waals surface area contributed by atoms with Crippen LogP contribution < -0.4 is 16.4 Å². The van der Waals surface area contributed by atoms with E-state index in [4.69, 9.17) is 10.3 Å². The average molecular weight is 504 g/mol. The molecule has 0 radical (unpaired) electrons. The highest BCUT2D eigenvalue weighted by atomic mass is 19.4. The van der Waals surface area contributed by atoms with Crippen LogP contribution in [0.15, 0.2) is 34.2 Å². The molecule has 1 unspecified atom stereocenters. The van der Waals surface area contributed by atoms with E-state index in [-0.39, 0.29) is 35.2 Å². The van der Waals surface area contributed by atoms with E-state index in [0.29, 0.717) is 29.8 Å². The Hall–Kier alpha value is -4.36.